The van der Waals surface area contributed by atoms with Crippen molar-refractivity contribution in [1.82, 2.24) is 4.57 Å². The summed E-state index contributed by atoms with van der Waals surface area (Å²) in [7, 11) is 0. The van der Waals surface area contributed by atoms with Crippen LogP contribution in [0.2, 0.25) is 0 Å². The third-order valence-corrected chi connectivity index (χ3v) is 3.00. The lowest BCUT2D eigenvalue weighted by atomic mass is 10.2. The number of hydrogen-bond donors (Lipinski definition) is 0. The Morgan fingerprint density at radius 2 is 1.89 bits per heavy atom. The molecule has 2 rings (SSSR count). The van der Waals surface area contributed by atoms with E-state index in [9.17, 15) is 4.79 Å². The highest BCUT2D eigenvalue weighted by Crippen LogP contribution is 2.20. The van der Waals surface area contributed by atoms with Crippen LogP contribution in [0.4, 0.5) is 0 Å². The lowest BCUT2D eigenvalue weighted by molar-refractivity contribution is -0.143. The predicted octanol–water partition coefficient (Wildman–Crippen LogP) is 2.85. The molecule has 0 unspecified atom stereocenters. The molecule has 0 N–H and O–H groups in total. The number of carbonyl (C=O) groups excluding carboxylic acids is 1. The van der Waals surface area contributed by atoms with Crippen LogP contribution in [0.1, 0.15) is 24.2 Å². The Bertz CT molecular complexity index is 541. The molecule has 2 aromatic rings. The van der Waals surface area contributed by atoms with Gasteiger partial charge in [0.25, 0.3) is 0 Å². The highest BCUT2D eigenvalue weighted by molar-refractivity contribution is 5.97. The average Bonchev–Trinajstić information content (AvgIpc) is 2.78. The first-order chi connectivity index (χ1) is 9.30. The molecule has 4 heteroatoms. The minimum absolute atomic E-state index is 0.287. The number of rotatable bonds is 7. The Hall–Kier alpha value is -1.65. The minimum Gasteiger partial charge on any atom is -0.351 e. The Balaban J connectivity index is 2.31. The van der Waals surface area contributed by atoms with Gasteiger partial charge in [-0.1, -0.05) is 18.2 Å². The van der Waals surface area contributed by atoms with Crippen molar-refractivity contribution in [1.29, 1.82) is 0 Å². The van der Waals surface area contributed by atoms with E-state index in [1.54, 1.807) is 0 Å². The molecule has 0 fully saturated rings. The van der Waals surface area contributed by atoms with Crippen LogP contribution < -0.4 is 0 Å². The zero-order valence-corrected chi connectivity index (χ0v) is 11.3. The number of para-hydroxylation sites is 1. The van der Waals surface area contributed by atoms with Crippen LogP contribution >= 0.6 is 0 Å². The number of carbonyl (C=O) groups is 1. The Labute approximate surface area is 112 Å². The van der Waals surface area contributed by atoms with E-state index in [-0.39, 0.29) is 6.29 Å². The van der Waals surface area contributed by atoms with Gasteiger partial charge in [0, 0.05) is 35.9 Å². The molecule has 0 atom stereocenters. The first-order valence-corrected chi connectivity index (χ1v) is 6.56. The molecule has 0 radical (unpaired) electrons. The number of fused-ring (bicyclic) bond motifs is 1. The third-order valence-electron chi connectivity index (χ3n) is 3.00. The van der Waals surface area contributed by atoms with E-state index < -0.39 is 0 Å². The normalized spacial score (nSPS) is 11.3. The molecule has 1 heterocycles. The summed E-state index contributed by atoms with van der Waals surface area (Å²) in [6, 6.07) is 7.84. The molecule has 1 aromatic heterocycles. The van der Waals surface area contributed by atoms with Gasteiger partial charge in [-0.15, -0.1) is 0 Å². The largest absolute Gasteiger partial charge is 0.351 e. The lowest BCUT2D eigenvalue weighted by Crippen LogP contribution is -2.23. The zero-order valence-electron chi connectivity index (χ0n) is 11.3. The summed E-state index contributed by atoms with van der Waals surface area (Å²) in [5.74, 6) is 0. The molecule has 0 bridgehead atoms. The fraction of sp³-hybridized carbons (Fsp3) is 0.400. The summed E-state index contributed by atoms with van der Waals surface area (Å²) in [5, 5.41) is 0.962. The molecule has 0 amide bonds. The Kier molecular flexibility index (Phi) is 4.71. The van der Waals surface area contributed by atoms with Gasteiger partial charge in [0.05, 0.1) is 6.54 Å². The second-order valence-electron chi connectivity index (χ2n) is 4.21. The fourth-order valence-electron chi connectivity index (χ4n) is 2.21. The Morgan fingerprint density at radius 3 is 2.53 bits per heavy atom. The summed E-state index contributed by atoms with van der Waals surface area (Å²) in [6.07, 6.45) is 2.45. The van der Waals surface area contributed by atoms with Gasteiger partial charge >= 0.3 is 0 Å². The van der Waals surface area contributed by atoms with Crippen molar-refractivity contribution in [2.75, 3.05) is 13.2 Å². The van der Waals surface area contributed by atoms with Crippen molar-refractivity contribution in [3.05, 3.63) is 36.0 Å². The lowest BCUT2D eigenvalue weighted by Gasteiger charge is -2.18. The molecule has 0 spiro atoms. The first kappa shape index (κ1) is 13.8. The Morgan fingerprint density at radius 1 is 1.21 bits per heavy atom. The van der Waals surface area contributed by atoms with Crippen LogP contribution in [0, 0.1) is 0 Å². The van der Waals surface area contributed by atoms with Gasteiger partial charge < -0.3 is 14.0 Å². The number of aromatic nitrogens is 1. The molecule has 0 saturated heterocycles. The van der Waals surface area contributed by atoms with Gasteiger partial charge in [0.1, 0.15) is 0 Å². The summed E-state index contributed by atoms with van der Waals surface area (Å²) in [6.45, 7) is 5.66. The van der Waals surface area contributed by atoms with Crippen molar-refractivity contribution in [3.63, 3.8) is 0 Å². The number of nitrogens with zero attached hydrogens (tertiary/aromatic N) is 1. The molecule has 1 aromatic carbocycles. The van der Waals surface area contributed by atoms with E-state index in [0.29, 0.717) is 25.3 Å². The van der Waals surface area contributed by atoms with Gasteiger partial charge in [-0.3, -0.25) is 4.79 Å². The van der Waals surface area contributed by atoms with Crippen LogP contribution in [0.3, 0.4) is 0 Å². The second kappa shape index (κ2) is 6.50. The number of benzene rings is 1. The maximum Gasteiger partial charge on any atom is 0.175 e. The standard InChI is InChI=1S/C15H19NO3/c1-3-18-15(19-4-2)10-16-9-12(11-17)13-7-5-6-8-14(13)16/h5-9,11,15H,3-4,10H2,1-2H3. The van der Waals surface area contributed by atoms with Gasteiger partial charge in [0.2, 0.25) is 0 Å². The fourth-order valence-corrected chi connectivity index (χ4v) is 2.21. The van der Waals surface area contributed by atoms with Crippen LogP contribution in [0.5, 0.6) is 0 Å². The van der Waals surface area contributed by atoms with E-state index in [1.165, 1.54) is 0 Å². The molecule has 0 aliphatic rings. The van der Waals surface area contributed by atoms with Crippen molar-refractivity contribution in [2.45, 2.75) is 26.7 Å². The highest BCUT2D eigenvalue weighted by atomic mass is 16.7. The van der Waals surface area contributed by atoms with Gasteiger partial charge in [-0.2, -0.15) is 0 Å². The smallest absolute Gasteiger partial charge is 0.175 e. The summed E-state index contributed by atoms with van der Waals surface area (Å²) in [4.78, 5) is 11.1. The number of hydrogen-bond acceptors (Lipinski definition) is 3. The molecule has 0 aliphatic carbocycles. The maximum atomic E-state index is 11.1. The van der Waals surface area contributed by atoms with Crippen molar-refractivity contribution >= 4 is 17.2 Å². The average molecular weight is 261 g/mol. The van der Waals surface area contributed by atoms with Gasteiger partial charge in [-0.25, -0.2) is 0 Å². The van der Waals surface area contributed by atoms with Crippen LogP contribution in [0.25, 0.3) is 10.9 Å². The summed E-state index contributed by atoms with van der Waals surface area (Å²) in [5.41, 5.74) is 1.72. The molecular weight excluding hydrogens is 242 g/mol. The summed E-state index contributed by atoms with van der Waals surface area (Å²) >= 11 is 0. The minimum atomic E-state index is -0.287. The molecule has 0 saturated carbocycles. The van der Waals surface area contributed by atoms with E-state index in [4.69, 9.17) is 9.47 Å². The molecule has 102 valence electrons. The maximum absolute atomic E-state index is 11.1. The van der Waals surface area contributed by atoms with Gasteiger partial charge in [-0.05, 0) is 19.9 Å². The number of ether oxygens (including phenoxy) is 2. The molecular formula is C15H19NO3. The van der Waals surface area contributed by atoms with Gasteiger partial charge in [0.15, 0.2) is 12.6 Å². The molecule has 19 heavy (non-hydrogen) atoms. The zero-order chi connectivity index (χ0) is 13.7. The SMILES string of the molecule is CCOC(Cn1cc(C=O)c2ccccc21)OCC. The van der Waals surface area contributed by atoms with Crippen LogP contribution in [-0.2, 0) is 16.0 Å². The topological polar surface area (TPSA) is 40.5 Å². The van der Waals surface area contributed by atoms with Crippen LogP contribution in [0.15, 0.2) is 30.5 Å². The first-order valence-electron chi connectivity index (χ1n) is 6.56. The monoisotopic (exact) mass is 261 g/mol. The number of aldehydes is 1. The van der Waals surface area contributed by atoms with E-state index in [1.807, 2.05) is 48.9 Å². The second-order valence-corrected chi connectivity index (χ2v) is 4.21. The van der Waals surface area contributed by atoms with Crippen molar-refractivity contribution in [2.24, 2.45) is 0 Å². The highest BCUT2D eigenvalue weighted by Gasteiger charge is 2.13. The van der Waals surface area contributed by atoms with E-state index >= 15 is 0 Å². The van der Waals surface area contributed by atoms with E-state index in [0.717, 1.165) is 17.2 Å². The predicted molar refractivity (Wildman–Crippen MR) is 74.4 cm³/mol. The quantitative estimate of drug-likeness (QED) is 0.568. The van der Waals surface area contributed by atoms with Crippen molar-refractivity contribution < 1.29 is 14.3 Å². The molecule has 0 aliphatic heterocycles. The molecule has 4 nitrogen and oxygen atoms in total. The van der Waals surface area contributed by atoms with Crippen LogP contribution in [-0.4, -0.2) is 30.4 Å². The summed E-state index contributed by atoms with van der Waals surface area (Å²) < 4.78 is 13.1. The van der Waals surface area contributed by atoms with E-state index in [2.05, 4.69) is 0 Å². The third kappa shape index (κ3) is 3.03. The van der Waals surface area contributed by atoms with Crippen molar-refractivity contribution in [3.8, 4) is 0 Å².